The van der Waals surface area contributed by atoms with Crippen molar-refractivity contribution in [2.75, 3.05) is 4.90 Å². The van der Waals surface area contributed by atoms with Gasteiger partial charge in [0.05, 0.1) is 0 Å². The van der Waals surface area contributed by atoms with Gasteiger partial charge in [0.15, 0.2) is 0 Å². The molecule has 1 aliphatic rings. The van der Waals surface area contributed by atoms with Crippen LogP contribution in [0, 0.1) is 0 Å². The van der Waals surface area contributed by atoms with Crippen LogP contribution in [0.1, 0.15) is 17.5 Å². The number of aryl methyl sites for hydroxylation is 2. The Morgan fingerprint density at radius 2 is 1.14 bits per heavy atom. The van der Waals surface area contributed by atoms with Gasteiger partial charge in [-0.3, -0.25) is 0 Å². The van der Waals surface area contributed by atoms with E-state index in [4.69, 9.17) is 0 Å². The third-order valence-corrected chi connectivity index (χ3v) is 4.37. The van der Waals surface area contributed by atoms with Crippen LogP contribution >= 0.6 is 0 Å². The summed E-state index contributed by atoms with van der Waals surface area (Å²) in [5, 5.41) is 0. The van der Waals surface area contributed by atoms with E-state index in [1.54, 1.807) is 0 Å². The van der Waals surface area contributed by atoms with Gasteiger partial charge in [-0.15, -0.1) is 0 Å². The molecule has 1 nitrogen and oxygen atoms in total. The third kappa shape index (κ3) is 2.39. The highest BCUT2D eigenvalue weighted by Gasteiger charge is 2.16. The summed E-state index contributed by atoms with van der Waals surface area (Å²) in [5.74, 6) is 0. The monoisotopic (exact) mass is 285 g/mol. The van der Waals surface area contributed by atoms with Crippen LogP contribution in [-0.4, -0.2) is 0 Å². The summed E-state index contributed by atoms with van der Waals surface area (Å²) in [6.45, 7) is 0. The fraction of sp³-hybridized carbons (Fsp3) is 0.143. The molecule has 0 spiro atoms. The lowest BCUT2D eigenvalue weighted by atomic mass is 10.1. The molecule has 0 N–H and O–H groups in total. The van der Waals surface area contributed by atoms with Gasteiger partial charge in [-0.1, -0.05) is 42.5 Å². The van der Waals surface area contributed by atoms with Crippen LogP contribution in [0.15, 0.2) is 78.9 Å². The zero-order valence-corrected chi connectivity index (χ0v) is 12.6. The number of nitrogens with zero attached hydrogens (tertiary/aromatic N) is 1. The highest BCUT2D eigenvalue weighted by Crippen LogP contribution is 2.36. The molecule has 4 rings (SSSR count). The Kier molecular flexibility index (Phi) is 3.40. The van der Waals surface area contributed by atoms with Gasteiger partial charge in [0.1, 0.15) is 0 Å². The highest BCUT2D eigenvalue weighted by atomic mass is 15.1. The maximum atomic E-state index is 2.36. The van der Waals surface area contributed by atoms with Gasteiger partial charge in [0.2, 0.25) is 0 Å². The molecule has 0 heterocycles. The average Bonchev–Trinajstić information content (AvgIpc) is 3.05. The molecule has 1 heteroatoms. The van der Waals surface area contributed by atoms with E-state index in [1.807, 2.05) is 0 Å². The van der Waals surface area contributed by atoms with Crippen molar-refractivity contribution < 1.29 is 0 Å². The number of para-hydroxylation sites is 2. The van der Waals surface area contributed by atoms with Crippen LogP contribution in [0.3, 0.4) is 0 Å². The summed E-state index contributed by atoms with van der Waals surface area (Å²) in [7, 11) is 0. The first-order valence-electron chi connectivity index (χ1n) is 7.94. The van der Waals surface area contributed by atoms with Crippen molar-refractivity contribution in [1.29, 1.82) is 0 Å². The summed E-state index contributed by atoms with van der Waals surface area (Å²) in [4.78, 5) is 2.33. The van der Waals surface area contributed by atoms with Gasteiger partial charge in [-0.2, -0.15) is 0 Å². The summed E-state index contributed by atoms with van der Waals surface area (Å²) in [5.41, 5.74) is 6.68. The topological polar surface area (TPSA) is 3.24 Å². The predicted octanol–water partition coefficient (Wildman–Crippen LogP) is 5.65. The Bertz CT molecular complexity index is 723. The van der Waals surface area contributed by atoms with E-state index >= 15 is 0 Å². The molecular weight excluding hydrogens is 266 g/mol. The zero-order chi connectivity index (χ0) is 14.8. The van der Waals surface area contributed by atoms with Crippen LogP contribution in [-0.2, 0) is 12.8 Å². The molecule has 0 atom stereocenters. The van der Waals surface area contributed by atoms with Crippen LogP contribution in [0.4, 0.5) is 17.1 Å². The van der Waals surface area contributed by atoms with E-state index < -0.39 is 0 Å². The summed E-state index contributed by atoms with van der Waals surface area (Å²) in [6.07, 6.45) is 3.72. The second kappa shape index (κ2) is 5.69. The number of benzene rings is 3. The standard InChI is InChI=1S/C21H19N/c1-3-10-19(11-4-1)22(20-12-5-2-6-13-20)21-15-14-17-8-7-9-18(17)16-21/h1-6,10-16H,7-9H2. The van der Waals surface area contributed by atoms with Crippen LogP contribution in [0.5, 0.6) is 0 Å². The Morgan fingerprint density at radius 3 is 1.77 bits per heavy atom. The SMILES string of the molecule is c1ccc(N(c2ccccc2)c2ccc3c(c2)CCC3)cc1. The fourth-order valence-electron chi connectivity index (χ4n) is 3.30. The molecule has 108 valence electrons. The van der Waals surface area contributed by atoms with Crippen molar-refractivity contribution in [2.24, 2.45) is 0 Å². The predicted molar refractivity (Wildman–Crippen MR) is 93.2 cm³/mol. The van der Waals surface area contributed by atoms with Crippen molar-refractivity contribution in [1.82, 2.24) is 0 Å². The minimum Gasteiger partial charge on any atom is -0.310 e. The molecule has 0 fully saturated rings. The lowest BCUT2D eigenvalue weighted by Gasteiger charge is -2.26. The van der Waals surface area contributed by atoms with Gasteiger partial charge in [0, 0.05) is 17.1 Å². The van der Waals surface area contributed by atoms with Gasteiger partial charge in [-0.05, 0) is 66.8 Å². The number of anilines is 3. The summed E-state index contributed by atoms with van der Waals surface area (Å²) in [6, 6.07) is 28.1. The van der Waals surface area contributed by atoms with E-state index in [2.05, 4.69) is 83.8 Å². The highest BCUT2D eigenvalue weighted by molar-refractivity contribution is 5.76. The quantitative estimate of drug-likeness (QED) is 0.601. The molecule has 0 aromatic heterocycles. The van der Waals surface area contributed by atoms with Crippen molar-refractivity contribution in [3.8, 4) is 0 Å². The Labute approximate surface area is 131 Å². The zero-order valence-electron chi connectivity index (χ0n) is 12.6. The van der Waals surface area contributed by atoms with E-state index in [9.17, 15) is 0 Å². The average molecular weight is 285 g/mol. The number of rotatable bonds is 3. The smallest absolute Gasteiger partial charge is 0.0464 e. The van der Waals surface area contributed by atoms with Crippen molar-refractivity contribution in [3.63, 3.8) is 0 Å². The minimum atomic E-state index is 1.20. The lowest BCUT2D eigenvalue weighted by molar-refractivity contribution is 0.912. The summed E-state index contributed by atoms with van der Waals surface area (Å²) < 4.78 is 0. The molecule has 0 aliphatic heterocycles. The van der Waals surface area contributed by atoms with E-state index in [0.717, 1.165) is 0 Å². The van der Waals surface area contributed by atoms with Crippen molar-refractivity contribution >= 4 is 17.1 Å². The molecule has 3 aromatic rings. The molecule has 0 bridgehead atoms. The maximum Gasteiger partial charge on any atom is 0.0464 e. The van der Waals surface area contributed by atoms with Gasteiger partial charge in [0.25, 0.3) is 0 Å². The van der Waals surface area contributed by atoms with Crippen molar-refractivity contribution in [3.05, 3.63) is 90.0 Å². The van der Waals surface area contributed by atoms with Gasteiger partial charge in [-0.25, -0.2) is 0 Å². The van der Waals surface area contributed by atoms with E-state index in [-0.39, 0.29) is 0 Å². The first-order valence-corrected chi connectivity index (χ1v) is 7.94. The third-order valence-electron chi connectivity index (χ3n) is 4.37. The molecule has 22 heavy (non-hydrogen) atoms. The molecule has 0 unspecified atom stereocenters. The largest absolute Gasteiger partial charge is 0.310 e. The minimum absolute atomic E-state index is 1.20. The maximum absolute atomic E-state index is 2.36. The second-order valence-electron chi connectivity index (χ2n) is 5.81. The van der Waals surface area contributed by atoms with E-state index in [0.29, 0.717) is 0 Å². The Morgan fingerprint density at radius 1 is 0.545 bits per heavy atom. The van der Waals surface area contributed by atoms with Crippen LogP contribution in [0.2, 0.25) is 0 Å². The molecule has 3 aromatic carbocycles. The Balaban J connectivity index is 1.84. The van der Waals surface area contributed by atoms with Gasteiger partial charge < -0.3 is 4.90 Å². The van der Waals surface area contributed by atoms with Gasteiger partial charge >= 0.3 is 0 Å². The molecule has 0 radical (unpaired) electrons. The van der Waals surface area contributed by atoms with Crippen LogP contribution in [0.25, 0.3) is 0 Å². The molecule has 0 saturated carbocycles. The number of hydrogen-bond acceptors (Lipinski definition) is 1. The fourth-order valence-corrected chi connectivity index (χ4v) is 3.30. The number of hydrogen-bond donors (Lipinski definition) is 0. The van der Waals surface area contributed by atoms with Crippen molar-refractivity contribution in [2.45, 2.75) is 19.3 Å². The lowest BCUT2D eigenvalue weighted by Crippen LogP contribution is -2.10. The molecule has 1 aliphatic carbocycles. The summed E-state index contributed by atoms with van der Waals surface area (Å²) >= 11 is 0. The first-order chi connectivity index (χ1) is 10.9. The second-order valence-corrected chi connectivity index (χ2v) is 5.81. The number of fused-ring (bicyclic) bond motifs is 1. The van der Waals surface area contributed by atoms with E-state index in [1.165, 1.54) is 47.5 Å². The van der Waals surface area contributed by atoms with Crippen LogP contribution < -0.4 is 4.90 Å². The first kappa shape index (κ1) is 13.1. The normalized spacial score (nSPS) is 12.9. The Hall–Kier alpha value is -2.54. The molecule has 0 amide bonds. The molecule has 0 saturated heterocycles. The molecular formula is C21H19N.